The average Bonchev–Trinajstić information content (AvgIpc) is 2.60. The minimum Gasteiger partial charge on any atom is -0.484 e. The van der Waals surface area contributed by atoms with Gasteiger partial charge in [-0.15, -0.1) is 0 Å². The number of carbonyl (C=O) groups is 2. The second-order valence-corrected chi connectivity index (χ2v) is 6.64. The Kier molecular flexibility index (Phi) is 7.05. The van der Waals surface area contributed by atoms with Crippen LogP contribution in [0.15, 0.2) is 42.5 Å². The SMILES string of the molecule is Cc1ccc(C)c(OCC(=O)NNC(=O)COc2ccc(I)cc2)c1. The Morgan fingerprint density at radius 3 is 2.16 bits per heavy atom. The van der Waals surface area contributed by atoms with Gasteiger partial charge in [0.25, 0.3) is 11.8 Å². The Morgan fingerprint density at radius 1 is 0.920 bits per heavy atom. The lowest BCUT2D eigenvalue weighted by Gasteiger charge is -2.11. The van der Waals surface area contributed by atoms with Gasteiger partial charge < -0.3 is 9.47 Å². The van der Waals surface area contributed by atoms with Gasteiger partial charge in [-0.25, -0.2) is 0 Å². The number of amides is 2. The number of carbonyl (C=O) groups excluding carboxylic acids is 2. The zero-order chi connectivity index (χ0) is 18.2. The Hall–Kier alpha value is -2.29. The Labute approximate surface area is 160 Å². The van der Waals surface area contributed by atoms with Gasteiger partial charge in [-0.2, -0.15) is 0 Å². The summed E-state index contributed by atoms with van der Waals surface area (Å²) in [6, 6.07) is 13.0. The van der Waals surface area contributed by atoms with E-state index in [1.54, 1.807) is 12.1 Å². The number of halogens is 1. The first-order valence-electron chi connectivity index (χ1n) is 7.60. The molecule has 0 aliphatic rings. The first-order valence-corrected chi connectivity index (χ1v) is 8.68. The molecule has 0 radical (unpaired) electrons. The van der Waals surface area contributed by atoms with Crippen molar-refractivity contribution in [2.45, 2.75) is 13.8 Å². The molecule has 2 amide bonds. The predicted molar refractivity (Wildman–Crippen MR) is 102 cm³/mol. The van der Waals surface area contributed by atoms with Crippen LogP contribution in [0.3, 0.4) is 0 Å². The first kappa shape index (κ1) is 19.0. The number of ether oxygens (including phenoxy) is 2. The lowest BCUT2D eigenvalue weighted by Crippen LogP contribution is -2.45. The van der Waals surface area contributed by atoms with Gasteiger partial charge in [0.2, 0.25) is 0 Å². The molecular weight excluding hydrogens is 435 g/mol. The van der Waals surface area contributed by atoms with Gasteiger partial charge in [-0.05, 0) is 77.9 Å². The molecule has 0 saturated heterocycles. The Balaban J connectivity index is 1.69. The number of hydrazine groups is 1. The van der Waals surface area contributed by atoms with E-state index >= 15 is 0 Å². The topological polar surface area (TPSA) is 76.7 Å². The monoisotopic (exact) mass is 454 g/mol. The molecule has 0 bridgehead atoms. The van der Waals surface area contributed by atoms with Crippen molar-refractivity contribution < 1.29 is 19.1 Å². The molecule has 0 fully saturated rings. The molecule has 2 aromatic carbocycles. The van der Waals surface area contributed by atoms with Gasteiger partial charge in [0.05, 0.1) is 0 Å². The van der Waals surface area contributed by atoms with Crippen molar-refractivity contribution >= 4 is 34.4 Å². The van der Waals surface area contributed by atoms with Crippen LogP contribution in [-0.2, 0) is 9.59 Å². The van der Waals surface area contributed by atoms with Crippen LogP contribution in [0.5, 0.6) is 11.5 Å². The number of rotatable bonds is 6. The Morgan fingerprint density at radius 2 is 1.52 bits per heavy atom. The summed E-state index contributed by atoms with van der Waals surface area (Å²) in [5, 5.41) is 0. The summed E-state index contributed by atoms with van der Waals surface area (Å²) < 4.78 is 11.8. The molecule has 0 spiro atoms. The molecule has 132 valence electrons. The standard InChI is InChI=1S/C18H19IN2O4/c1-12-3-4-13(2)16(9-12)25-11-18(23)21-20-17(22)10-24-15-7-5-14(19)6-8-15/h3-9H,10-11H2,1-2H3,(H,20,22)(H,21,23). The quantitative estimate of drug-likeness (QED) is 0.520. The summed E-state index contributed by atoms with van der Waals surface area (Å²) in [6.07, 6.45) is 0. The maximum absolute atomic E-state index is 11.7. The highest BCUT2D eigenvalue weighted by Crippen LogP contribution is 2.18. The van der Waals surface area contributed by atoms with Crippen LogP contribution in [0.25, 0.3) is 0 Å². The normalized spacial score (nSPS) is 10.0. The lowest BCUT2D eigenvalue weighted by molar-refractivity contribution is -0.131. The van der Waals surface area contributed by atoms with Crippen LogP contribution < -0.4 is 20.3 Å². The molecular formula is C18H19IN2O4. The number of benzene rings is 2. The second kappa shape index (κ2) is 9.26. The molecule has 0 aliphatic carbocycles. The second-order valence-electron chi connectivity index (χ2n) is 5.40. The molecule has 6 nitrogen and oxygen atoms in total. The minimum absolute atomic E-state index is 0.192. The van der Waals surface area contributed by atoms with E-state index in [4.69, 9.17) is 9.47 Å². The van der Waals surface area contributed by atoms with Gasteiger partial charge in [0.1, 0.15) is 11.5 Å². The zero-order valence-electron chi connectivity index (χ0n) is 14.0. The molecule has 0 heterocycles. The molecule has 0 atom stereocenters. The van der Waals surface area contributed by atoms with Crippen molar-refractivity contribution in [3.05, 3.63) is 57.2 Å². The summed E-state index contributed by atoms with van der Waals surface area (Å²) in [4.78, 5) is 23.4. The highest BCUT2D eigenvalue weighted by molar-refractivity contribution is 14.1. The van der Waals surface area contributed by atoms with E-state index in [2.05, 4.69) is 33.4 Å². The molecule has 7 heteroatoms. The van der Waals surface area contributed by atoms with Crippen LogP contribution in [-0.4, -0.2) is 25.0 Å². The molecule has 0 aromatic heterocycles. The van der Waals surface area contributed by atoms with E-state index in [0.717, 1.165) is 14.7 Å². The van der Waals surface area contributed by atoms with E-state index in [-0.39, 0.29) is 13.2 Å². The summed E-state index contributed by atoms with van der Waals surface area (Å²) in [7, 11) is 0. The summed E-state index contributed by atoms with van der Waals surface area (Å²) >= 11 is 2.18. The molecule has 0 aliphatic heterocycles. The van der Waals surface area contributed by atoms with Crippen molar-refractivity contribution in [2.24, 2.45) is 0 Å². The van der Waals surface area contributed by atoms with Crippen molar-refractivity contribution in [3.63, 3.8) is 0 Å². The third-order valence-corrected chi connectivity index (χ3v) is 3.95. The van der Waals surface area contributed by atoms with Crippen LogP contribution in [0, 0.1) is 17.4 Å². The highest BCUT2D eigenvalue weighted by atomic mass is 127. The van der Waals surface area contributed by atoms with E-state index in [0.29, 0.717) is 11.5 Å². The van der Waals surface area contributed by atoms with Gasteiger partial charge in [-0.3, -0.25) is 20.4 Å². The number of hydrogen-bond donors (Lipinski definition) is 2. The third kappa shape index (κ3) is 6.61. The minimum atomic E-state index is -0.460. The van der Waals surface area contributed by atoms with Crippen molar-refractivity contribution in [3.8, 4) is 11.5 Å². The molecule has 2 rings (SSSR count). The largest absolute Gasteiger partial charge is 0.484 e. The smallest absolute Gasteiger partial charge is 0.276 e. The van der Waals surface area contributed by atoms with E-state index in [1.165, 1.54) is 0 Å². The number of hydrogen-bond acceptors (Lipinski definition) is 4. The van der Waals surface area contributed by atoms with Gasteiger partial charge in [0, 0.05) is 3.57 Å². The van der Waals surface area contributed by atoms with Crippen LogP contribution in [0.2, 0.25) is 0 Å². The van der Waals surface area contributed by atoms with E-state index < -0.39 is 11.8 Å². The Bertz CT molecular complexity index is 747. The van der Waals surface area contributed by atoms with E-state index in [1.807, 2.05) is 44.2 Å². The first-order chi connectivity index (χ1) is 11.9. The summed E-state index contributed by atoms with van der Waals surface area (Å²) in [5.41, 5.74) is 6.55. The number of nitrogens with one attached hydrogen (secondary N) is 2. The molecule has 25 heavy (non-hydrogen) atoms. The fourth-order valence-corrected chi connectivity index (χ4v) is 2.26. The fourth-order valence-electron chi connectivity index (χ4n) is 1.90. The lowest BCUT2D eigenvalue weighted by atomic mass is 10.1. The fraction of sp³-hybridized carbons (Fsp3) is 0.222. The van der Waals surface area contributed by atoms with Crippen molar-refractivity contribution in [2.75, 3.05) is 13.2 Å². The molecule has 0 unspecified atom stereocenters. The molecule has 2 N–H and O–H groups in total. The van der Waals surface area contributed by atoms with Crippen LogP contribution in [0.4, 0.5) is 0 Å². The van der Waals surface area contributed by atoms with Gasteiger partial charge in [0.15, 0.2) is 13.2 Å². The maximum Gasteiger partial charge on any atom is 0.276 e. The number of aryl methyl sites for hydroxylation is 2. The van der Waals surface area contributed by atoms with Crippen molar-refractivity contribution in [1.82, 2.24) is 10.9 Å². The highest BCUT2D eigenvalue weighted by Gasteiger charge is 2.08. The maximum atomic E-state index is 11.7. The van der Waals surface area contributed by atoms with Crippen LogP contribution in [0.1, 0.15) is 11.1 Å². The van der Waals surface area contributed by atoms with Gasteiger partial charge >= 0.3 is 0 Å². The van der Waals surface area contributed by atoms with E-state index in [9.17, 15) is 9.59 Å². The molecule has 0 saturated carbocycles. The average molecular weight is 454 g/mol. The van der Waals surface area contributed by atoms with Crippen LogP contribution >= 0.6 is 22.6 Å². The van der Waals surface area contributed by atoms with Gasteiger partial charge in [-0.1, -0.05) is 12.1 Å². The third-order valence-electron chi connectivity index (χ3n) is 3.23. The molecule has 2 aromatic rings. The summed E-state index contributed by atoms with van der Waals surface area (Å²) in [5.74, 6) is 0.311. The van der Waals surface area contributed by atoms with Crippen molar-refractivity contribution in [1.29, 1.82) is 0 Å². The summed E-state index contributed by atoms with van der Waals surface area (Å²) in [6.45, 7) is 3.46. The predicted octanol–water partition coefficient (Wildman–Crippen LogP) is 2.51. The zero-order valence-corrected chi connectivity index (χ0v) is 16.1.